The Bertz CT molecular complexity index is 1730. The quantitative estimate of drug-likeness (QED) is 0.0945. The Morgan fingerprint density at radius 1 is 0.500 bits per heavy atom. The van der Waals surface area contributed by atoms with Gasteiger partial charge in [-0.2, -0.15) is 0 Å². The molecule has 7 heteroatoms. The van der Waals surface area contributed by atoms with Gasteiger partial charge in [0.15, 0.2) is 0 Å². The number of hydrogen-bond donors (Lipinski definition) is 2. The van der Waals surface area contributed by atoms with Crippen LogP contribution >= 0.6 is 0 Å². The van der Waals surface area contributed by atoms with Crippen LogP contribution in [-0.2, 0) is 10.1 Å². The smallest absolute Gasteiger partial charge is 0.497 e. The van der Waals surface area contributed by atoms with Gasteiger partial charge in [0.25, 0.3) is 0 Å². The minimum absolute atomic E-state index is 0.194. The lowest BCUT2D eigenvalue weighted by Gasteiger charge is -2.37. The lowest BCUT2D eigenvalue weighted by molar-refractivity contribution is 0.179. The largest absolute Gasteiger partial charge is 0.633 e. The normalized spacial score (nSPS) is 11.7. The topological polar surface area (TPSA) is 77.4 Å². The number of methoxy groups -OCH3 is 3. The molecule has 0 radical (unpaired) electrons. The average molecular weight is 586 g/mol. The van der Waals surface area contributed by atoms with E-state index in [0.717, 1.165) is 66.3 Å². The molecular formula is C37H35BO6. The fourth-order valence-electron chi connectivity index (χ4n) is 6.31. The van der Waals surface area contributed by atoms with E-state index in [9.17, 15) is 10.0 Å². The van der Waals surface area contributed by atoms with Gasteiger partial charge < -0.3 is 28.9 Å². The monoisotopic (exact) mass is 586 g/mol. The first-order valence-electron chi connectivity index (χ1n) is 14.7. The molecule has 0 aliphatic rings. The zero-order chi connectivity index (χ0) is 30.7. The van der Waals surface area contributed by atoms with Gasteiger partial charge >= 0.3 is 7.32 Å². The third-order valence-electron chi connectivity index (χ3n) is 8.58. The lowest BCUT2D eigenvalue weighted by atomic mass is 9.66. The third-order valence-corrected chi connectivity index (χ3v) is 8.58. The zero-order valence-electron chi connectivity index (χ0n) is 25.1. The predicted octanol–water partition coefficient (Wildman–Crippen LogP) is 7.27. The van der Waals surface area contributed by atoms with Crippen molar-refractivity contribution in [1.29, 1.82) is 0 Å². The highest BCUT2D eigenvalue weighted by Gasteiger charge is 2.37. The van der Waals surface area contributed by atoms with E-state index >= 15 is 0 Å². The van der Waals surface area contributed by atoms with Crippen molar-refractivity contribution in [2.45, 2.75) is 18.3 Å². The van der Waals surface area contributed by atoms with Crippen LogP contribution < -0.4 is 14.2 Å². The van der Waals surface area contributed by atoms with E-state index in [1.807, 2.05) is 36.4 Å². The molecule has 0 aromatic heterocycles. The van der Waals surface area contributed by atoms with Crippen molar-refractivity contribution in [3.05, 3.63) is 126 Å². The van der Waals surface area contributed by atoms with Crippen LogP contribution in [0.1, 0.15) is 29.5 Å². The molecule has 0 spiro atoms. The first kappa shape index (κ1) is 29.5. The van der Waals surface area contributed by atoms with Gasteiger partial charge in [0.05, 0.1) is 21.3 Å². The summed E-state index contributed by atoms with van der Waals surface area (Å²) in [5.74, 6) is 2.43. The molecule has 0 bridgehead atoms. The minimum Gasteiger partial charge on any atom is -0.497 e. The second-order valence-corrected chi connectivity index (χ2v) is 11.0. The Balaban J connectivity index is 1.61. The fraction of sp³-hybridized carbons (Fsp3) is 0.189. The van der Waals surface area contributed by atoms with Crippen molar-refractivity contribution < 1.29 is 28.9 Å². The maximum atomic E-state index is 9.42. The van der Waals surface area contributed by atoms with Crippen molar-refractivity contribution in [1.82, 2.24) is 0 Å². The van der Waals surface area contributed by atoms with Gasteiger partial charge in [-0.25, -0.2) is 0 Å². The summed E-state index contributed by atoms with van der Waals surface area (Å²) in [5, 5.41) is 25.4. The Labute approximate surface area is 257 Å². The van der Waals surface area contributed by atoms with Gasteiger partial charge in [-0.05, 0) is 116 Å². The lowest BCUT2D eigenvalue weighted by Crippen LogP contribution is -2.30. The molecule has 6 rings (SSSR count). The number of benzene rings is 6. The molecule has 0 amide bonds. The highest BCUT2D eigenvalue weighted by molar-refractivity contribution is 6.32. The molecule has 0 aliphatic heterocycles. The third kappa shape index (κ3) is 5.70. The second kappa shape index (κ2) is 12.6. The molecule has 0 atom stereocenters. The maximum Gasteiger partial charge on any atom is 0.633 e. The maximum absolute atomic E-state index is 9.42. The van der Waals surface area contributed by atoms with E-state index in [0.29, 0.717) is 12.8 Å². The zero-order valence-corrected chi connectivity index (χ0v) is 25.1. The molecular weight excluding hydrogens is 551 g/mol. The molecule has 2 N–H and O–H groups in total. The highest BCUT2D eigenvalue weighted by Crippen LogP contribution is 2.46. The van der Waals surface area contributed by atoms with Crippen LogP contribution in [0.15, 0.2) is 109 Å². The molecule has 6 nitrogen and oxygen atoms in total. The summed E-state index contributed by atoms with van der Waals surface area (Å²) in [5.41, 5.74) is 2.78. The van der Waals surface area contributed by atoms with Crippen LogP contribution in [0, 0.1) is 0 Å². The Kier molecular flexibility index (Phi) is 8.44. The molecule has 0 heterocycles. The molecule has 0 saturated heterocycles. The van der Waals surface area contributed by atoms with E-state index < -0.39 is 12.7 Å². The summed E-state index contributed by atoms with van der Waals surface area (Å²) in [4.78, 5) is 0. The van der Waals surface area contributed by atoms with E-state index in [4.69, 9.17) is 18.9 Å². The van der Waals surface area contributed by atoms with E-state index in [1.165, 1.54) is 0 Å². The predicted molar refractivity (Wildman–Crippen MR) is 177 cm³/mol. The Morgan fingerprint density at radius 2 is 0.841 bits per heavy atom. The van der Waals surface area contributed by atoms with Gasteiger partial charge in [-0.1, -0.05) is 54.6 Å². The number of hydrogen-bond acceptors (Lipinski definition) is 6. The van der Waals surface area contributed by atoms with Crippen LogP contribution in [0.4, 0.5) is 0 Å². The first-order valence-corrected chi connectivity index (χ1v) is 14.7. The molecule has 6 aromatic rings. The summed E-state index contributed by atoms with van der Waals surface area (Å²) >= 11 is 0. The second-order valence-electron chi connectivity index (χ2n) is 11.0. The molecule has 222 valence electrons. The van der Waals surface area contributed by atoms with Crippen LogP contribution in [0.5, 0.6) is 17.2 Å². The van der Waals surface area contributed by atoms with Crippen molar-refractivity contribution in [2.75, 3.05) is 27.9 Å². The van der Waals surface area contributed by atoms with Crippen molar-refractivity contribution in [2.24, 2.45) is 0 Å². The molecule has 44 heavy (non-hydrogen) atoms. The van der Waals surface area contributed by atoms with Gasteiger partial charge in [0.2, 0.25) is 0 Å². The van der Waals surface area contributed by atoms with Crippen molar-refractivity contribution in [3.63, 3.8) is 0 Å². The van der Waals surface area contributed by atoms with Crippen molar-refractivity contribution >= 4 is 39.6 Å². The van der Waals surface area contributed by atoms with Gasteiger partial charge in [0, 0.05) is 12.0 Å². The van der Waals surface area contributed by atoms with Gasteiger partial charge in [0.1, 0.15) is 17.2 Å². The van der Waals surface area contributed by atoms with Crippen LogP contribution in [0.2, 0.25) is 0 Å². The molecule has 0 aliphatic carbocycles. The van der Waals surface area contributed by atoms with Crippen molar-refractivity contribution in [3.8, 4) is 17.2 Å². The minimum atomic E-state index is -1.81. The first-order chi connectivity index (χ1) is 21.4. The summed E-state index contributed by atoms with van der Waals surface area (Å²) in [6.07, 6.45) is 1.24. The SMILES string of the molecule is COc1ccc2cc(C(CCCOB(O)O)(c3ccc4cc(OC)ccc4c3)c3ccc4cc(OC)ccc4c3)ccc2c1. The molecule has 0 fully saturated rings. The van der Waals surface area contributed by atoms with Crippen LogP contribution in [0.3, 0.4) is 0 Å². The molecule has 0 unspecified atom stereocenters. The van der Waals surface area contributed by atoms with Crippen LogP contribution in [0.25, 0.3) is 32.3 Å². The number of rotatable bonds is 11. The van der Waals surface area contributed by atoms with Gasteiger partial charge in [-0.3, -0.25) is 0 Å². The van der Waals surface area contributed by atoms with Crippen LogP contribution in [-0.4, -0.2) is 45.3 Å². The van der Waals surface area contributed by atoms with E-state index in [-0.39, 0.29) is 6.61 Å². The highest BCUT2D eigenvalue weighted by atomic mass is 16.6. The molecule has 6 aromatic carbocycles. The van der Waals surface area contributed by atoms with Gasteiger partial charge in [-0.15, -0.1) is 0 Å². The Morgan fingerprint density at radius 3 is 1.18 bits per heavy atom. The Hall–Kier alpha value is -4.56. The summed E-state index contributed by atoms with van der Waals surface area (Å²) in [6, 6.07) is 38.2. The number of ether oxygens (including phenoxy) is 3. The molecule has 0 saturated carbocycles. The average Bonchev–Trinajstić information content (AvgIpc) is 3.07. The van der Waals surface area contributed by atoms with E-state index in [2.05, 4.69) is 72.8 Å². The fourth-order valence-corrected chi connectivity index (χ4v) is 6.31. The summed E-state index contributed by atoms with van der Waals surface area (Å²) in [6.45, 7) is 0.194. The summed E-state index contributed by atoms with van der Waals surface area (Å²) < 4.78 is 21.7. The summed E-state index contributed by atoms with van der Waals surface area (Å²) in [7, 11) is 3.22. The number of fused-ring (bicyclic) bond motifs is 3. The standard InChI is InChI=1S/C37H35BO6/c1-41-34-14-8-25-19-31(11-5-28(25)22-34)37(17-4-18-44-38(39)40,32-12-6-29-23-35(42-2)15-9-26(29)20-32)33-13-7-30-24-36(43-3)16-10-27(30)21-33/h5-16,19-24,39-40H,4,17-18H2,1-3H3. The van der Waals surface area contributed by atoms with E-state index in [1.54, 1.807) is 21.3 Å².